The Bertz CT molecular complexity index is 412. The molecule has 0 saturated heterocycles. The molecule has 0 aliphatic rings. The highest BCUT2D eigenvalue weighted by Gasteiger charge is 1.92. The van der Waals surface area contributed by atoms with Crippen LogP contribution in [0.3, 0.4) is 0 Å². The van der Waals surface area contributed by atoms with Gasteiger partial charge in [0.25, 0.3) is 0 Å². The molecule has 0 aromatic heterocycles. The van der Waals surface area contributed by atoms with Crippen LogP contribution in [0.5, 0.6) is 0 Å². The van der Waals surface area contributed by atoms with Crippen molar-refractivity contribution in [3.63, 3.8) is 0 Å². The molecule has 18 heavy (non-hydrogen) atoms. The van der Waals surface area contributed by atoms with Gasteiger partial charge >= 0.3 is 0 Å². The van der Waals surface area contributed by atoms with E-state index in [9.17, 15) is 0 Å². The van der Waals surface area contributed by atoms with Crippen LogP contribution >= 0.6 is 0 Å². The number of benzene rings is 1. The van der Waals surface area contributed by atoms with Gasteiger partial charge in [-0.3, -0.25) is 0 Å². The molecule has 0 heterocycles. The summed E-state index contributed by atoms with van der Waals surface area (Å²) in [5.74, 6) is 0. The zero-order chi connectivity index (χ0) is 13.2. The highest BCUT2D eigenvalue weighted by atomic mass is 16.5. The van der Waals surface area contributed by atoms with Crippen LogP contribution in [-0.2, 0) is 4.74 Å². The van der Waals surface area contributed by atoms with Crippen LogP contribution in [0, 0.1) is 0 Å². The first kappa shape index (κ1) is 14.5. The molecule has 0 amide bonds. The Balaban J connectivity index is 2.53. The number of rotatable bonds is 6. The molecule has 1 aromatic carbocycles. The summed E-state index contributed by atoms with van der Waals surface area (Å²) < 4.78 is 5.17. The first-order chi connectivity index (χ1) is 8.76. The topological polar surface area (TPSA) is 9.23 Å². The van der Waals surface area contributed by atoms with Gasteiger partial charge in [-0.1, -0.05) is 60.7 Å². The molecule has 1 rings (SSSR count). The van der Waals surface area contributed by atoms with E-state index in [4.69, 9.17) is 4.74 Å². The minimum atomic E-state index is 0.182. The van der Waals surface area contributed by atoms with Gasteiger partial charge in [0.05, 0.1) is 6.10 Å². The van der Waals surface area contributed by atoms with Gasteiger partial charge in [0, 0.05) is 7.11 Å². The summed E-state index contributed by atoms with van der Waals surface area (Å²) >= 11 is 0. The quantitative estimate of drug-likeness (QED) is 0.522. The fourth-order valence-corrected chi connectivity index (χ4v) is 1.52. The van der Waals surface area contributed by atoms with E-state index in [1.807, 2.05) is 13.0 Å². The van der Waals surface area contributed by atoms with Crippen LogP contribution in [0.25, 0.3) is 6.08 Å². The summed E-state index contributed by atoms with van der Waals surface area (Å²) in [6, 6.07) is 10.3. The van der Waals surface area contributed by atoms with Crippen molar-refractivity contribution < 1.29 is 4.74 Å². The van der Waals surface area contributed by atoms with Gasteiger partial charge in [-0.05, 0) is 31.4 Å². The van der Waals surface area contributed by atoms with E-state index in [1.165, 1.54) is 11.1 Å². The zero-order valence-corrected chi connectivity index (χ0v) is 11.5. The third kappa shape index (κ3) is 5.65. The summed E-state index contributed by atoms with van der Waals surface area (Å²) in [6.45, 7) is 4.10. The van der Waals surface area contributed by atoms with Gasteiger partial charge in [-0.15, -0.1) is 0 Å². The summed E-state index contributed by atoms with van der Waals surface area (Å²) in [5, 5.41) is 0. The Kier molecular flexibility index (Phi) is 6.82. The SMILES string of the molecule is C/C=C(/C=C/c1ccccc1)C/C=C\C(C)OC. The Morgan fingerprint density at radius 1 is 1.28 bits per heavy atom. The van der Waals surface area contributed by atoms with Crippen LogP contribution in [0.4, 0.5) is 0 Å². The molecule has 1 aromatic rings. The molecule has 0 aliphatic carbocycles. The molecule has 1 atom stereocenters. The van der Waals surface area contributed by atoms with Gasteiger partial charge in [0.1, 0.15) is 0 Å². The van der Waals surface area contributed by atoms with Crippen LogP contribution in [0.15, 0.2) is 60.2 Å². The second kappa shape index (κ2) is 8.48. The fraction of sp³-hybridized carbons (Fsp3) is 0.294. The van der Waals surface area contributed by atoms with Gasteiger partial charge in [-0.25, -0.2) is 0 Å². The largest absolute Gasteiger partial charge is 0.378 e. The molecule has 0 radical (unpaired) electrons. The summed E-state index contributed by atoms with van der Waals surface area (Å²) in [7, 11) is 1.72. The van der Waals surface area contributed by atoms with Crippen LogP contribution in [0.2, 0.25) is 0 Å². The molecule has 1 heteroatoms. The maximum atomic E-state index is 5.17. The Morgan fingerprint density at radius 2 is 2.00 bits per heavy atom. The summed E-state index contributed by atoms with van der Waals surface area (Å²) in [4.78, 5) is 0. The Hall–Kier alpha value is -1.60. The van der Waals surface area contributed by atoms with E-state index in [2.05, 4.69) is 61.6 Å². The first-order valence-corrected chi connectivity index (χ1v) is 6.34. The molecule has 0 bridgehead atoms. The van der Waals surface area contributed by atoms with Gasteiger partial charge in [0.15, 0.2) is 0 Å². The van der Waals surface area contributed by atoms with E-state index in [-0.39, 0.29) is 6.10 Å². The van der Waals surface area contributed by atoms with Crippen molar-refractivity contribution in [1.29, 1.82) is 0 Å². The highest BCUT2D eigenvalue weighted by Crippen LogP contribution is 2.09. The molecule has 1 nitrogen and oxygen atoms in total. The van der Waals surface area contributed by atoms with E-state index in [0.717, 1.165) is 6.42 Å². The maximum absolute atomic E-state index is 5.17. The molecule has 0 saturated carbocycles. The van der Waals surface area contributed by atoms with Crippen LogP contribution in [-0.4, -0.2) is 13.2 Å². The average Bonchev–Trinajstić information content (AvgIpc) is 2.43. The monoisotopic (exact) mass is 242 g/mol. The van der Waals surface area contributed by atoms with Crippen molar-refractivity contribution >= 4 is 6.08 Å². The van der Waals surface area contributed by atoms with Crippen molar-refractivity contribution in [3.05, 3.63) is 65.8 Å². The fourth-order valence-electron chi connectivity index (χ4n) is 1.52. The lowest BCUT2D eigenvalue weighted by atomic mass is 10.1. The van der Waals surface area contributed by atoms with Crippen molar-refractivity contribution in [2.45, 2.75) is 26.4 Å². The minimum absolute atomic E-state index is 0.182. The highest BCUT2D eigenvalue weighted by molar-refractivity contribution is 5.52. The van der Waals surface area contributed by atoms with E-state index < -0.39 is 0 Å². The lowest BCUT2D eigenvalue weighted by Crippen LogP contribution is -1.98. The van der Waals surface area contributed by atoms with E-state index >= 15 is 0 Å². The van der Waals surface area contributed by atoms with Gasteiger partial charge in [0.2, 0.25) is 0 Å². The molecule has 1 unspecified atom stereocenters. The number of methoxy groups -OCH3 is 1. The minimum Gasteiger partial charge on any atom is -0.378 e. The lowest BCUT2D eigenvalue weighted by Gasteiger charge is -2.02. The standard InChI is InChI=1S/C17H22O/c1-4-16(12-8-9-15(2)18-3)13-14-17-10-6-5-7-11-17/h4-11,13-15H,12H2,1-3H3/b9-8-,14-13+,16-4+. The summed E-state index contributed by atoms with van der Waals surface area (Å²) in [5.41, 5.74) is 2.53. The van der Waals surface area contributed by atoms with E-state index in [0.29, 0.717) is 0 Å². The smallest absolute Gasteiger partial charge is 0.0723 e. The third-order valence-corrected chi connectivity index (χ3v) is 2.79. The van der Waals surface area contributed by atoms with Crippen LogP contribution in [0.1, 0.15) is 25.8 Å². The predicted octanol–water partition coefficient (Wildman–Crippen LogP) is 4.63. The second-order valence-electron chi connectivity index (χ2n) is 4.18. The van der Waals surface area contributed by atoms with Gasteiger partial charge < -0.3 is 4.74 Å². The van der Waals surface area contributed by atoms with Crippen LogP contribution < -0.4 is 0 Å². The molecule has 96 valence electrons. The predicted molar refractivity (Wildman–Crippen MR) is 79.5 cm³/mol. The number of allylic oxidation sites excluding steroid dienone is 4. The molecular weight excluding hydrogens is 220 g/mol. The van der Waals surface area contributed by atoms with Crippen molar-refractivity contribution in [3.8, 4) is 0 Å². The van der Waals surface area contributed by atoms with E-state index in [1.54, 1.807) is 7.11 Å². The zero-order valence-electron chi connectivity index (χ0n) is 11.5. The Labute approximate surface area is 110 Å². The second-order valence-corrected chi connectivity index (χ2v) is 4.18. The number of ether oxygens (including phenoxy) is 1. The molecular formula is C17H22O. The number of hydrogen-bond acceptors (Lipinski definition) is 1. The van der Waals surface area contributed by atoms with Gasteiger partial charge in [-0.2, -0.15) is 0 Å². The lowest BCUT2D eigenvalue weighted by molar-refractivity contribution is 0.156. The average molecular weight is 242 g/mol. The molecule has 0 N–H and O–H groups in total. The molecule has 0 spiro atoms. The molecule has 0 aliphatic heterocycles. The van der Waals surface area contributed by atoms with Crippen molar-refractivity contribution in [1.82, 2.24) is 0 Å². The molecule has 0 fully saturated rings. The van der Waals surface area contributed by atoms with Crippen molar-refractivity contribution in [2.24, 2.45) is 0 Å². The Morgan fingerprint density at radius 3 is 2.61 bits per heavy atom. The third-order valence-electron chi connectivity index (χ3n) is 2.79. The first-order valence-electron chi connectivity index (χ1n) is 6.34. The number of hydrogen-bond donors (Lipinski definition) is 0. The maximum Gasteiger partial charge on any atom is 0.0723 e. The summed E-state index contributed by atoms with van der Waals surface area (Å²) in [6.07, 6.45) is 11.8. The van der Waals surface area contributed by atoms with Crippen molar-refractivity contribution in [2.75, 3.05) is 7.11 Å². The normalized spacial score (nSPS) is 14.5.